The lowest BCUT2D eigenvalue weighted by Gasteiger charge is -2.36. The average molecular weight is 459 g/mol. The van der Waals surface area contributed by atoms with Crippen LogP contribution in [0.4, 0.5) is 24.9 Å². The van der Waals surface area contributed by atoms with E-state index in [4.69, 9.17) is 11.5 Å². The summed E-state index contributed by atoms with van der Waals surface area (Å²) >= 11 is 1.49. The molecule has 0 saturated carbocycles. The summed E-state index contributed by atoms with van der Waals surface area (Å²) in [6, 6.07) is 1.14. The number of nitrogens with zero attached hydrogens (tertiary/aromatic N) is 4. The second kappa shape index (κ2) is 9.22. The van der Waals surface area contributed by atoms with Crippen molar-refractivity contribution in [1.29, 1.82) is 0 Å². The molecule has 0 unspecified atom stereocenters. The van der Waals surface area contributed by atoms with Crippen LogP contribution in [0.2, 0.25) is 0 Å². The Balaban J connectivity index is 1.84. The third kappa shape index (κ3) is 5.53. The number of fused-ring (bicyclic) bond motifs is 1. The molecule has 1 aliphatic rings. The Hall–Kier alpha value is -2.67. The number of alkyl halides is 3. The Morgan fingerprint density at radius 3 is 2.48 bits per heavy atom. The van der Waals surface area contributed by atoms with Crippen LogP contribution in [0.5, 0.6) is 0 Å². The van der Waals surface area contributed by atoms with E-state index in [2.05, 4.69) is 15.3 Å². The lowest BCUT2D eigenvalue weighted by Crippen LogP contribution is -2.50. The first-order valence-electron chi connectivity index (χ1n) is 9.77. The maximum atomic E-state index is 12.5. The lowest BCUT2D eigenvalue weighted by molar-refractivity contribution is -0.161. The molecule has 170 valence electrons. The second-order valence-corrected chi connectivity index (χ2v) is 8.27. The Morgan fingerprint density at radius 2 is 1.94 bits per heavy atom. The first-order chi connectivity index (χ1) is 14.6. The van der Waals surface area contributed by atoms with Gasteiger partial charge in [0.25, 0.3) is 0 Å². The minimum Gasteiger partial charge on any atom is -0.368 e. The van der Waals surface area contributed by atoms with E-state index in [1.54, 1.807) is 0 Å². The SMILES string of the molecule is CCc1cc2c(N3CCN(C(=O)CC(F)(F)F)CC3)nc(N[C@@H](CN)C(N)=O)nc2s1. The summed E-state index contributed by atoms with van der Waals surface area (Å²) in [5, 5.41) is 3.66. The zero-order valence-electron chi connectivity index (χ0n) is 16.9. The molecule has 0 aromatic carbocycles. The molecule has 1 saturated heterocycles. The van der Waals surface area contributed by atoms with Gasteiger partial charge in [-0.05, 0) is 12.5 Å². The van der Waals surface area contributed by atoms with Crippen molar-refractivity contribution in [2.75, 3.05) is 42.9 Å². The van der Waals surface area contributed by atoms with Crippen LogP contribution in [0.3, 0.4) is 0 Å². The smallest absolute Gasteiger partial charge is 0.368 e. The molecule has 0 radical (unpaired) electrons. The molecule has 2 aromatic rings. The summed E-state index contributed by atoms with van der Waals surface area (Å²) in [7, 11) is 0. The number of piperazine rings is 1. The van der Waals surface area contributed by atoms with Crippen molar-refractivity contribution in [2.45, 2.75) is 32.0 Å². The first kappa shape index (κ1) is 23.0. The van der Waals surface area contributed by atoms with Gasteiger partial charge >= 0.3 is 6.18 Å². The molecule has 1 aliphatic heterocycles. The normalized spacial score (nSPS) is 15.9. The summed E-state index contributed by atoms with van der Waals surface area (Å²) in [5.74, 6) is -0.785. The van der Waals surface area contributed by atoms with Crippen LogP contribution >= 0.6 is 11.3 Å². The van der Waals surface area contributed by atoms with Crippen LogP contribution < -0.4 is 21.7 Å². The molecule has 2 amide bonds. The third-order valence-corrected chi connectivity index (χ3v) is 6.11. The molecule has 31 heavy (non-hydrogen) atoms. The van der Waals surface area contributed by atoms with E-state index >= 15 is 0 Å². The summed E-state index contributed by atoms with van der Waals surface area (Å²) in [5.41, 5.74) is 10.9. The number of thiophene rings is 1. The van der Waals surface area contributed by atoms with Crippen LogP contribution in [-0.2, 0) is 16.0 Å². The molecule has 3 rings (SSSR count). The largest absolute Gasteiger partial charge is 0.397 e. The molecule has 2 aromatic heterocycles. The quantitative estimate of drug-likeness (QED) is 0.565. The maximum absolute atomic E-state index is 12.5. The van der Waals surface area contributed by atoms with E-state index in [-0.39, 0.29) is 25.6 Å². The minimum absolute atomic E-state index is 0.0310. The average Bonchev–Trinajstić information content (AvgIpc) is 3.13. The summed E-state index contributed by atoms with van der Waals surface area (Å²) in [6.07, 6.45) is -5.19. The highest BCUT2D eigenvalue weighted by molar-refractivity contribution is 7.18. The Labute approximate surface area is 180 Å². The van der Waals surface area contributed by atoms with Gasteiger partial charge in [0.15, 0.2) is 0 Å². The molecular weight excluding hydrogens is 435 g/mol. The van der Waals surface area contributed by atoms with Crippen LogP contribution in [-0.4, -0.2) is 71.6 Å². The number of rotatable bonds is 7. The Morgan fingerprint density at radius 1 is 1.26 bits per heavy atom. The molecule has 13 heteroatoms. The zero-order valence-corrected chi connectivity index (χ0v) is 17.7. The fourth-order valence-electron chi connectivity index (χ4n) is 3.29. The number of carbonyl (C=O) groups excluding carboxylic acids is 2. The summed E-state index contributed by atoms with van der Waals surface area (Å²) < 4.78 is 37.6. The van der Waals surface area contributed by atoms with Gasteiger partial charge in [0.1, 0.15) is 23.1 Å². The number of carbonyl (C=O) groups is 2. The number of nitrogens with one attached hydrogen (secondary N) is 1. The van der Waals surface area contributed by atoms with Crippen LogP contribution in [0, 0.1) is 0 Å². The predicted octanol–water partition coefficient (Wildman–Crippen LogP) is 1.08. The molecule has 1 fully saturated rings. The molecule has 1 atom stereocenters. The molecule has 0 spiro atoms. The first-order valence-corrected chi connectivity index (χ1v) is 10.6. The monoisotopic (exact) mass is 459 g/mol. The lowest BCUT2D eigenvalue weighted by atomic mass is 10.2. The van der Waals surface area contributed by atoms with Crippen molar-refractivity contribution in [3.05, 3.63) is 10.9 Å². The number of nitrogens with two attached hydrogens (primary N) is 2. The number of primary amides is 1. The Kier molecular flexibility index (Phi) is 6.84. The van der Waals surface area contributed by atoms with Crippen molar-refractivity contribution >= 4 is 45.1 Å². The van der Waals surface area contributed by atoms with Gasteiger partial charge in [-0.3, -0.25) is 9.59 Å². The van der Waals surface area contributed by atoms with Crippen molar-refractivity contribution in [3.8, 4) is 0 Å². The highest BCUT2D eigenvalue weighted by Crippen LogP contribution is 2.33. The molecule has 3 heterocycles. The number of halogens is 3. The third-order valence-electron chi connectivity index (χ3n) is 4.94. The fourth-order valence-corrected chi connectivity index (χ4v) is 4.25. The van der Waals surface area contributed by atoms with Gasteiger partial charge in [-0.25, -0.2) is 4.98 Å². The second-order valence-electron chi connectivity index (χ2n) is 7.15. The van der Waals surface area contributed by atoms with Gasteiger partial charge < -0.3 is 26.6 Å². The highest BCUT2D eigenvalue weighted by Gasteiger charge is 2.34. The van der Waals surface area contributed by atoms with Gasteiger partial charge in [-0.15, -0.1) is 11.3 Å². The number of aryl methyl sites for hydroxylation is 1. The predicted molar refractivity (Wildman–Crippen MR) is 112 cm³/mol. The molecule has 9 nitrogen and oxygen atoms in total. The van der Waals surface area contributed by atoms with Gasteiger partial charge in [0.05, 0.1) is 5.39 Å². The van der Waals surface area contributed by atoms with Crippen molar-refractivity contribution in [2.24, 2.45) is 11.5 Å². The minimum atomic E-state index is -4.53. The number of amides is 2. The zero-order chi connectivity index (χ0) is 22.8. The Bertz CT molecular complexity index is 958. The van der Waals surface area contributed by atoms with Gasteiger partial charge in [0.2, 0.25) is 17.8 Å². The van der Waals surface area contributed by atoms with E-state index < -0.39 is 30.5 Å². The fraction of sp³-hybridized carbons (Fsp3) is 0.556. The topological polar surface area (TPSA) is 130 Å². The molecular formula is C18H24F3N7O2S. The van der Waals surface area contributed by atoms with E-state index in [9.17, 15) is 22.8 Å². The highest BCUT2D eigenvalue weighted by atomic mass is 32.1. The maximum Gasteiger partial charge on any atom is 0.397 e. The summed E-state index contributed by atoms with van der Waals surface area (Å²) in [6.45, 7) is 2.93. The van der Waals surface area contributed by atoms with E-state index in [1.165, 1.54) is 16.2 Å². The van der Waals surface area contributed by atoms with E-state index in [0.29, 0.717) is 23.7 Å². The number of anilines is 2. The van der Waals surface area contributed by atoms with E-state index in [0.717, 1.165) is 16.7 Å². The number of aromatic nitrogens is 2. The summed E-state index contributed by atoms with van der Waals surface area (Å²) in [4.78, 5) is 37.3. The van der Waals surface area contributed by atoms with Crippen molar-refractivity contribution < 1.29 is 22.8 Å². The molecule has 0 bridgehead atoms. The van der Waals surface area contributed by atoms with Crippen LogP contribution in [0.25, 0.3) is 10.2 Å². The van der Waals surface area contributed by atoms with Gasteiger partial charge in [-0.2, -0.15) is 18.2 Å². The van der Waals surface area contributed by atoms with Gasteiger partial charge in [-0.1, -0.05) is 6.92 Å². The molecule has 0 aliphatic carbocycles. The number of hydrogen-bond donors (Lipinski definition) is 3. The number of hydrogen-bond acceptors (Lipinski definition) is 8. The van der Waals surface area contributed by atoms with Crippen LogP contribution in [0.15, 0.2) is 6.07 Å². The van der Waals surface area contributed by atoms with E-state index in [1.807, 2.05) is 17.9 Å². The standard InChI is InChI=1S/C18H24F3N7O2S/c1-2-10-7-11-15(25-17(26-16(11)31-10)24-12(9-22)14(23)30)28-5-3-27(4-6-28)13(29)8-18(19,20)21/h7,12H,2-6,8-9,22H2,1H3,(H2,23,30)(H,24,25,26)/t12-/m0/s1. The molecule has 5 N–H and O–H groups in total. The van der Waals surface area contributed by atoms with Crippen LogP contribution in [0.1, 0.15) is 18.2 Å². The van der Waals surface area contributed by atoms with Crippen molar-refractivity contribution in [1.82, 2.24) is 14.9 Å². The van der Waals surface area contributed by atoms with Gasteiger partial charge in [0, 0.05) is 37.6 Å². The van der Waals surface area contributed by atoms with Crippen molar-refractivity contribution in [3.63, 3.8) is 0 Å².